The lowest BCUT2D eigenvalue weighted by Crippen LogP contribution is -2.32. The molecule has 21 heavy (non-hydrogen) atoms. The van der Waals surface area contributed by atoms with E-state index in [1.807, 2.05) is 6.92 Å². The largest absolute Gasteiger partial charge is 0.314 e. The van der Waals surface area contributed by atoms with Crippen LogP contribution >= 0.6 is 0 Å². The van der Waals surface area contributed by atoms with Gasteiger partial charge in [0.25, 0.3) is 5.69 Å². The second-order valence-corrected chi connectivity index (χ2v) is 6.06. The molecule has 2 rings (SSSR count). The second kappa shape index (κ2) is 6.98. The predicted molar refractivity (Wildman–Crippen MR) is 83.5 cm³/mol. The van der Waals surface area contributed by atoms with E-state index in [-0.39, 0.29) is 10.6 Å². The smallest absolute Gasteiger partial charge is 0.278 e. The molecule has 1 aliphatic rings. The van der Waals surface area contributed by atoms with E-state index < -0.39 is 0 Å². The molecule has 1 aliphatic carbocycles. The first-order valence-corrected chi connectivity index (χ1v) is 7.87. The molecule has 0 radical (unpaired) electrons. The fourth-order valence-electron chi connectivity index (χ4n) is 2.92. The van der Waals surface area contributed by atoms with E-state index in [1.165, 1.54) is 12.8 Å². The molecule has 0 spiro atoms. The molecule has 0 bridgehead atoms. The van der Waals surface area contributed by atoms with Crippen molar-refractivity contribution >= 4 is 5.69 Å². The van der Waals surface area contributed by atoms with E-state index in [0.717, 1.165) is 43.0 Å². The minimum absolute atomic E-state index is 0.226. The standard InChI is InChI=1S/C16H25N3O2/c1-4-9-17-15(13-5-6-13)8-7-14-12(3)16(19(20)21)11(2)10-18-14/h10,13,15,17H,4-9H2,1-3H3. The third kappa shape index (κ3) is 4.00. The normalized spacial score (nSPS) is 16.0. The maximum absolute atomic E-state index is 11.2. The van der Waals surface area contributed by atoms with Crippen molar-refractivity contribution in [3.8, 4) is 0 Å². The highest BCUT2D eigenvalue weighted by atomic mass is 16.6. The average Bonchev–Trinajstić information content (AvgIpc) is 3.25. The van der Waals surface area contributed by atoms with Crippen LogP contribution in [0.1, 0.15) is 49.4 Å². The summed E-state index contributed by atoms with van der Waals surface area (Å²) < 4.78 is 0. The summed E-state index contributed by atoms with van der Waals surface area (Å²) in [6, 6.07) is 0.534. The van der Waals surface area contributed by atoms with E-state index in [4.69, 9.17) is 0 Å². The van der Waals surface area contributed by atoms with Gasteiger partial charge in [-0.05, 0) is 58.4 Å². The number of nitrogens with zero attached hydrogens (tertiary/aromatic N) is 2. The summed E-state index contributed by atoms with van der Waals surface area (Å²) in [5, 5.41) is 14.8. The number of aryl methyl sites for hydroxylation is 2. The molecule has 0 aromatic carbocycles. The van der Waals surface area contributed by atoms with Crippen molar-refractivity contribution in [1.29, 1.82) is 0 Å². The highest BCUT2D eigenvalue weighted by molar-refractivity contribution is 5.47. The molecular weight excluding hydrogens is 266 g/mol. The van der Waals surface area contributed by atoms with Gasteiger partial charge in [-0.1, -0.05) is 6.92 Å². The molecule has 5 nitrogen and oxygen atoms in total. The van der Waals surface area contributed by atoms with Crippen molar-refractivity contribution in [2.45, 2.75) is 58.9 Å². The first kappa shape index (κ1) is 15.9. The fraction of sp³-hybridized carbons (Fsp3) is 0.688. The van der Waals surface area contributed by atoms with Gasteiger partial charge in [0.1, 0.15) is 0 Å². The molecule has 1 saturated carbocycles. The summed E-state index contributed by atoms with van der Waals surface area (Å²) >= 11 is 0. The minimum atomic E-state index is -0.288. The molecule has 0 saturated heterocycles. The molecule has 1 heterocycles. The van der Waals surface area contributed by atoms with Crippen LogP contribution in [0.3, 0.4) is 0 Å². The molecule has 0 amide bonds. The molecule has 1 aromatic rings. The number of pyridine rings is 1. The summed E-state index contributed by atoms with van der Waals surface area (Å²) in [7, 11) is 0. The van der Waals surface area contributed by atoms with Crippen LogP contribution in [0.4, 0.5) is 5.69 Å². The van der Waals surface area contributed by atoms with Gasteiger partial charge in [-0.25, -0.2) is 0 Å². The Balaban J connectivity index is 2.05. The van der Waals surface area contributed by atoms with E-state index in [1.54, 1.807) is 13.1 Å². The van der Waals surface area contributed by atoms with Crippen molar-refractivity contribution in [2.75, 3.05) is 6.54 Å². The number of nitrogens with one attached hydrogen (secondary N) is 1. The molecule has 0 aliphatic heterocycles. The zero-order chi connectivity index (χ0) is 15.4. The minimum Gasteiger partial charge on any atom is -0.314 e. The van der Waals surface area contributed by atoms with Gasteiger partial charge in [-0.15, -0.1) is 0 Å². The first-order valence-electron chi connectivity index (χ1n) is 7.87. The van der Waals surface area contributed by atoms with Crippen LogP contribution < -0.4 is 5.32 Å². The van der Waals surface area contributed by atoms with Crippen molar-refractivity contribution in [3.05, 3.63) is 33.1 Å². The van der Waals surface area contributed by atoms with Crippen molar-refractivity contribution in [3.63, 3.8) is 0 Å². The Kier molecular flexibility index (Phi) is 5.28. The molecule has 1 unspecified atom stereocenters. The van der Waals surface area contributed by atoms with Crippen LogP contribution in [0, 0.1) is 29.9 Å². The molecule has 1 fully saturated rings. The third-order valence-electron chi connectivity index (χ3n) is 4.30. The summed E-state index contributed by atoms with van der Waals surface area (Å²) in [5.74, 6) is 0.789. The molecule has 5 heteroatoms. The van der Waals surface area contributed by atoms with Crippen molar-refractivity contribution in [2.24, 2.45) is 5.92 Å². The summed E-state index contributed by atoms with van der Waals surface area (Å²) in [5.41, 5.74) is 2.47. The maximum Gasteiger partial charge on any atom is 0.278 e. The van der Waals surface area contributed by atoms with Crippen molar-refractivity contribution < 1.29 is 4.92 Å². The molecule has 1 N–H and O–H groups in total. The topological polar surface area (TPSA) is 68.1 Å². The van der Waals surface area contributed by atoms with Crippen LogP contribution in [0.5, 0.6) is 0 Å². The van der Waals surface area contributed by atoms with Crippen molar-refractivity contribution in [1.82, 2.24) is 10.3 Å². The Morgan fingerprint density at radius 1 is 1.48 bits per heavy atom. The first-order chi connectivity index (χ1) is 10.0. The third-order valence-corrected chi connectivity index (χ3v) is 4.30. The highest BCUT2D eigenvalue weighted by Gasteiger charge is 2.30. The number of rotatable bonds is 8. The quantitative estimate of drug-likeness (QED) is 0.589. The van der Waals surface area contributed by atoms with E-state index >= 15 is 0 Å². The SMILES string of the molecule is CCCNC(CCc1ncc(C)c([N+](=O)[O-])c1C)C1CC1. The van der Waals surface area contributed by atoms with Gasteiger partial charge in [0.15, 0.2) is 0 Å². The zero-order valence-electron chi connectivity index (χ0n) is 13.2. The lowest BCUT2D eigenvalue weighted by molar-refractivity contribution is -0.386. The zero-order valence-corrected chi connectivity index (χ0v) is 13.2. The fourth-order valence-corrected chi connectivity index (χ4v) is 2.92. The maximum atomic E-state index is 11.2. The average molecular weight is 291 g/mol. The lowest BCUT2D eigenvalue weighted by Gasteiger charge is -2.18. The number of aromatic nitrogens is 1. The molecule has 1 atom stereocenters. The Labute approximate surface area is 126 Å². The van der Waals surface area contributed by atoms with Gasteiger partial charge >= 0.3 is 0 Å². The molecule has 116 valence electrons. The van der Waals surface area contributed by atoms with Gasteiger partial charge in [-0.3, -0.25) is 15.1 Å². The van der Waals surface area contributed by atoms with Gasteiger partial charge < -0.3 is 5.32 Å². The number of hydrogen-bond acceptors (Lipinski definition) is 4. The Morgan fingerprint density at radius 2 is 2.19 bits per heavy atom. The Morgan fingerprint density at radius 3 is 2.76 bits per heavy atom. The summed E-state index contributed by atoms with van der Waals surface area (Å²) in [6.45, 7) is 6.78. The van der Waals surface area contributed by atoms with E-state index in [0.29, 0.717) is 11.6 Å². The monoisotopic (exact) mass is 291 g/mol. The number of hydrogen-bond donors (Lipinski definition) is 1. The van der Waals surface area contributed by atoms with E-state index in [9.17, 15) is 10.1 Å². The summed E-state index contributed by atoms with van der Waals surface area (Å²) in [6.07, 6.45) is 7.20. The molecular formula is C16H25N3O2. The Bertz CT molecular complexity index is 512. The Hall–Kier alpha value is -1.49. The van der Waals surface area contributed by atoms with Gasteiger partial charge in [0, 0.05) is 23.4 Å². The van der Waals surface area contributed by atoms with Crippen LogP contribution in [-0.4, -0.2) is 22.5 Å². The van der Waals surface area contributed by atoms with E-state index in [2.05, 4.69) is 17.2 Å². The van der Waals surface area contributed by atoms with Gasteiger partial charge in [-0.2, -0.15) is 0 Å². The lowest BCUT2D eigenvalue weighted by atomic mass is 10.0. The van der Waals surface area contributed by atoms with Gasteiger partial charge in [0.2, 0.25) is 0 Å². The predicted octanol–water partition coefficient (Wildman–Crippen LogP) is 3.32. The van der Waals surface area contributed by atoms with Crippen LogP contribution in [0.2, 0.25) is 0 Å². The summed E-state index contributed by atoms with van der Waals surface area (Å²) in [4.78, 5) is 15.3. The van der Waals surface area contributed by atoms with Crippen LogP contribution in [0.25, 0.3) is 0 Å². The second-order valence-electron chi connectivity index (χ2n) is 6.06. The van der Waals surface area contributed by atoms with Crippen LogP contribution in [0.15, 0.2) is 6.20 Å². The number of nitro groups is 1. The highest BCUT2D eigenvalue weighted by Crippen LogP contribution is 2.35. The van der Waals surface area contributed by atoms with Crippen LogP contribution in [-0.2, 0) is 6.42 Å². The molecule has 1 aromatic heterocycles. The van der Waals surface area contributed by atoms with Gasteiger partial charge in [0.05, 0.1) is 10.6 Å².